The van der Waals surface area contributed by atoms with Crippen molar-refractivity contribution in [1.82, 2.24) is 114 Å². The summed E-state index contributed by atoms with van der Waals surface area (Å²) >= 11 is 17.0. The minimum atomic E-state index is -0.419. The Morgan fingerprint density at radius 1 is 0.451 bits per heavy atom. The zero-order valence-corrected chi connectivity index (χ0v) is 56.2. The van der Waals surface area contributed by atoms with Crippen LogP contribution in [0, 0.1) is 0 Å². The summed E-state index contributed by atoms with van der Waals surface area (Å²) in [6, 6.07) is 37.1. The molecule has 14 aromatic heterocycles. The minimum Gasteiger partial charge on any atom is -0.362 e. The molecule has 0 aliphatic heterocycles. The molecule has 34 heteroatoms. The SMILES string of the molecule is CC(C)NC(=O)n1ncc2c3[nH]n(-c4ccc(Cl)cn4)c(=O)c3cnc21.CCNC(=S)n1ccc2c3[nH]n(-c4ccccc4)c(=O)c3cnc21.CNC(=O)n1ncc2c3[nH]n(-c4ccc(Cl)cn4)c(=O)c3cnc21.O=C(Nc1ccccc1)n1ccc2c3[nH]n(-c4ccccc4)c(=O)c3cnc21. The molecule has 17 aromatic rings. The summed E-state index contributed by atoms with van der Waals surface area (Å²) in [5.74, 6) is 0.793. The number of nitrogens with one attached hydrogen (secondary N) is 8. The van der Waals surface area contributed by atoms with Gasteiger partial charge in [-0.2, -0.15) is 19.6 Å². The molecular formula is C68H54Cl2N24O7S. The van der Waals surface area contributed by atoms with E-state index >= 15 is 0 Å². The summed E-state index contributed by atoms with van der Waals surface area (Å²) in [7, 11) is 1.50. The topological polar surface area (TPSA) is 373 Å². The number of benzene rings is 3. The monoisotopic (exact) mass is 1420 g/mol. The number of aromatic nitrogens is 20. The number of carbonyl (C=O) groups is 3. The Hall–Kier alpha value is -13.5. The molecule has 0 atom stereocenters. The summed E-state index contributed by atoms with van der Waals surface area (Å²) in [6.07, 6.45) is 15.3. The van der Waals surface area contributed by atoms with E-state index in [-0.39, 0.29) is 40.3 Å². The summed E-state index contributed by atoms with van der Waals surface area (Å²) in [5.41, 5.74) is 5.65. The summed E-state index contributed by atoms with van der Waals surface area (Å²) in [6.45, 7) is 6.43. The molecule has 102 heavy (non-hydrogen) atoms. The van der Waals surface area contributed by atoms with E-state index in [4.69, 9.17) is 35.4 Å². The quantitative estimate of drug-likeness (QED) is 0.0688. The molecule has 0 aliphatic rings. The molecule has 0 unspecified atom stereocenters. The minimum absolute atomic E-state index is 0.0395. The molecule has 0 aliphatic carbocycles. The van der Waals surface area contributed by atoms with Crippen LogP contribution < -0.4 is 43.5 Å². The third-order valence-electron chi connectivity index (χ3n) is 16.0. The molecule has 0 saturated heterocycles. The molecule has 3 aromatic carbocycles. The lowest BCUT2D eigenvalue weighted by molar-refractivity contribution is 0.238. The van der Waals surface area contributed by atoms with Crippen molar-refractivity contribution < 1.29 is 14.4 Å². The van der Waals surface area contributed by atoms with E-state index in [0.29, 0.717) is 104 Å². The summed E-state index contributed by atoms with van der Waals surface area (Å²) in [4.78, 5) is 113. The fourth-order valence-corrected chi connectivity index (χ4v) is 11.7. The fourth-order valence-electron chi connectivity index (χ4n) is 11.2. The number of thiocarbonyl (C=S) groups is 1. The first kappa shape index (κ1) is 65.8. The molecule has 0 bridgehead atoms. The Bertz CT molecular complexity index is 6340. The maximum absolute atomic E-state index is 12.8. The third-order valence-corrected chi connectivity index (χ3v) is 16.8. The number of anilines is 1. The van der Waals surface area contributed by atoms with E-state index in [1.807, 2.05) is 129 Å². The molecule has 0 fully saturated rings. The molecule has 17 rings (SSSR count). The van der Waals surface area contributed by atoms with E-state index < -0.39 is 6.03 Å². The largest absolute Gasteiger partial charge is 0.362 e. The smallest absolute Gasteiger partial charge is 0.344 e. The number of nitrogens with zero attached hydrogens (tertiary/aromatic N) is 16. The molecule has 14 heterocycles. The highest BCUT2D eigenvalue weighted by molar-refractivity contribution is 7.80. The van der Waals surface area contributed by atoms with Crippen molar-refractivity contribution >= 4 is 152 Å². The van der Waals surface area contributed by atoms with E-state index in [9.17, 15) is 33.6 Å². The maximum atomic E-state index is 12.8. The Balaban J connectivity index is 0.000000115. The van der Waals surface area contributed by atoms with Crippen molar-refractivity contribution in [1.29, 1.82) is 0 Å². The lowest BCUT2D eigenvalue weighted by Crippen LogP contribution is -2.34. The highest BCUT2D eigenvalue weighted by Gasteiger charge is 2.23. The second-order valence-electron chi connectivity index (χ2n) is 22.8. The molecule has 8 N–H and O–H groups in total. The second kappa shape index (κ2) is 27.5. The van der Waals surface area contributed by atoms with Gasteiger partial charge in [-0.1, -0.05) is 77.8 Å². The van der Waals surface area contributed by atoms with Crippen LogP contribution in [0.3, 0.4) is 0 Å². The average molecular weight is 1420 g/mol. The molecular weight excluding hydrogens is 1370 g/mol. The van der Waals surface area contributed by atoms with E-state index in [1.165, 1.54) is 78.4 Å². The van der Waals surface area contributed by atoms with Gasteiger partial charge in [-0.15, -0.1) is 0 Å². The average Bonchev–Trinajstić information content (AvgIpc) is 1.62. The van der Waals surface area contributed by atoms with Crippen LogP contribution in [0.1, 0.15) is 20.8 Å². The Labute approximate surface area is 586 Å². The van der Waals surface area contributed by atoms with Crippen LogP contribution in [0.5, 0.6) is 0 Å². The molecule has 0 saturated carbocycles. The predicted octanol–water partition coefficient (Wildman–Crippen LogP) is 9.54. The molecule has 508 valence electrons. The van der Waals surface area contributed by atoms with Crippen molar-refractivity contribution in [3.63, 3.8) is 0 Å². The lowest BCUT2D eigenvalue weighted by Gasteiger charge is -2.07. The highest BCUT2D eigenvalue weighted by atomic mass is 35.5. The summed E-state index contributed by atoms with van der Waals surface area (Å²) < 4.78 is 11.1. The van der Waals surface area contributed by atoms with Gasteiger partial charge in [-0.3, -0.25) is 48.7 Å². The third kappa shape index (κ3) is 12.2. The number of fused-ring (bicyclic) bond motifs is 12. The Morgan fingerprint density at radius 2 is 0.853 bits per heavy atom. The maximum Gasteiger partial charge on any atom is 0.344 e. The van der Waals surface area contributed by atoms with Gasteiger partial charge in [0.1, 0.15) is 11.3 Å². The number of aromatic amines is 4. The van der Waals surface area contributed by atoms with Crippen LogP contribution in [0.15, 0.2) is 209 Å². The second-order valence-corrected chi connectivity index (χ2v) is 24.0. The van der Waals surface area contributed by atoms with Crippen LogP contribution in [0.4, 0.5) is 20.1 Å². The van der Waals surface area contributed by atoms with E-state index in [2.05, 4.69) is 81.8 Å². The predicted molar refractivity (Wildman–Crippen MR) is 391 cm³/mol. The van der Waals surface area contributed by atoms with Crippen LogP contribution in [-0.2, 0) is 0 Å². The molecule has 0 radical (unpaired) electrons. The van der Waals surface area contributed by atoms with Crippen molar-refractivity contribution in [2.45, 2.75) is 26.8 Å². The number of carbonyl (C=O) groups excluding carboxylic acids is 3. The van der Waals surface area contributed by atoms with Gasteiger partial charge in [0.25, 0.3) is 22.2 Å². The Kier molecular flexibility index (Phi) is 17.7. The highest BCUT2D eigenvalue weighted by Crippen LogP contribution is 2.27. The zero-order valence-electron chi connectivity index (χ0n) is 53.9. The number of para-hydroxylation sites is 3. The number of amides is 3. The standard InChI is InChI=1S/C21H15N5O2.C17H15N5OS.C16H14ClN7O2.C14H10ClN7O2/c27-20-17-13-22-19-16(18(17)24-26(20)15-9-5-2-6-10-15)11-12-25(19)21(28)23-14-7-3-1-4-8-14;1-2-18-17(24)21-9-8-12-14-13(10-19-15(12)21)16(23)22(20-14)11-6-4-3-5-7-11;1-8(2)21-16(26)24-14-10(7-20-24)13-11(6-19-14)15(25)23(22-13)12-4-3-9(17)5-18-12;1-16-14(24)22-12-8(6-19-22)11-9(5-18-12)13(23)21(20-11)10-3-2-7(15)4-17-10/h1-13,24H,(H,23,28);3-10,20H,2H2,1H3,(H,18,24);3-8,22H,1-2H3,(H,21,26);2-6,20H,1H3,(H,16,24). The molecule has 31 nitrogen and oxygen atoms in total. The lowest BCUT2D eigenvalue weighted by atomic mass is 10.2. The Morgan fingerprint density at radius 3 is 1.28 bits per heavy atom. The van der Waals surface area contributed by atoms with Crippen molar-refractivity contribution in [2.24, 2.45) is 0 Å². The normalized spacial score (nSPS) is 11.3. The molecule has 0 spiro atoms. The van der Waals surface area contributed by atoms with Crippen molar-refractivity contribution in [3.05, 3.63) is 241 Å². The number of hydrogen-bond acceptors (Lipinski definition) is 16. The number of H-pyrrole nitrogens is 4. The fraction of sp³-hybridized carbons (Fsp3) is 0.0882. The van der Waals surface area contributed by atoms with Gasteiger partial charge >= 0.3 is 18.1 Å². The van der Waals surface area contributed by atoms with Crippen LogP contribution >= 0.6 is 35.4 Å². The van der Waals surface area contributed by atoms with E-state index in [0.717, 1.165) is 39.2 Å². The van der Waals surface area contributed by atoms with Crippen molar-refractivity contribution in [2.75, 3.05) is 18.9 Å². The number of rotatable bonds is 7. The van der Waals surface area contributed by atoms with E-state index in [1.54, 1.807) is 42.7 Å². The first-order valence-electron chi connectivity index (χ1n) is 31.2. The van der Waals surface area contributed by atoms with Gasteiger partial charge in [-0.05, 0) is 106 Å². The summed E-state index contributed by atoms with van der Waals surface area (Å²) in [5, 5.41) is 37.6. The molecule has 3 amide bonds. The van der Waals surface area contributed by atoms with Gasteiger partial charge in [0.2, 0.25) is 0 Å². The van der Waals surface area contributed by atoms with Crippen molar-refractivity contribution in [3.8, 4) is 23.0 Å². The number of halogens is 2. The van der Waals surface area contributed by atoms with Crippen LogP contribution in [0.2, 0.25) is 10.0 Å². The van der Waals surface area contributed by atoms with Crippen LogP contribution in [-0.4, -0.2) is 141 Å². The first-order valence-corrected chi connectivity index (χ1v) is 32.3. The van der Waals surface area contributed by atoms with Gasteiger partial charge < -0.3 is 21.3 Å². The van der Waals surface area contributed by atoms with Gasteiger partial charge in [0.05, 0.1) is 88.2 Å². The van der Waals surface area contributed by atoms with Gasteiger partial charge in [0, 0.05) is 85.7 Å². The van der Waals surface area contributed by atoms with Gasteiger partial charge in [0.15, 0.2) is 28.0 Å². The zero-order chi connectivity index (χ0) is 71.0. The number of pyridine rings is 6. The first-order chi connectivity index (χ1) is 49.5. The number of hydrogen-bond donors (Lipinski definition) is 8. The van der Waals surface area contributed by atoms with Gasteiger partial charge in [-0.25, -0.2) is 63.0 Å². The van der Waals surface area contributed by atoms with Crippen LogP contribution in [0.25, 0.3) is 111 Å².